The molecule has 0 bridgehead atoms. The number of carbonyl (C=O) groups excluding carboxylic acids is 1. The van der Waals surface area contributed by atoms with Gasteiger partial charge in [-0.2, -0.15) is 5.26 Å². The van der Waals surface area contributed by atoms with Crippen LogP contribution < -0.4 is 5.32 Å². The number of nitriles is 1. The highest BCUT2D eigenvalue weighted by Crippen LogP contribution is 2.30. The van der Waals surface area contributed by atoms with Crippen LogP contribution in [0.3, 0.4) is 0 Å². The van der Waals surface area contributed by atoms with E-state index in [4.69, 9.17) is 0 Å². The number of carbonyl (C=O) groups is 1. The Morgan fingerprint density at radius 3 is 2.80 bits per heavy atom. The smallest absolute Gasteiger partial charge is 0.237 e. The number of rotatable bonds is 2. The van der Waals surface area contributed by atoms with Crippen LogP contribution in [-0.4, -0.2) is 36.5 Å². The largest absolute Gasteiger partial charge is 0.324 e. The number of amides is 1. The molecule has 1 heterocycles. The number of hydrogen-bond acceptors (Lipinski definition) is 3. The standard InChI is InChI=1S/C11H17N3O/c12-7-10(9-3-1-2-4-9)14-6-5-13-8-11(14)15/h9-10,13H,1-6,8H2. The van der Waals surface area contributed by atoms with Crippen LogP contribution >= 0.6 is 0 Å². The molecule has 15 heavy (non-hydrogen) atoms. The number of hydrogen-bond donors (Lipinski definition) is 1. The topological polar surface area (TPSA) is 56.1 Å². The quantitative estimate of drug-likeness (QED) is 0.717. The van der Waals surface area contributed by atoms with Crippen molar-refractivity contribution in [2.75, 3.05) is 19.6 Å². The van der Waals surface area contributed by atoms with Gasteiger partial charge in [0.2, 0.25) is 5.91 Å². The third-order valence-electron chi connectivity index (χ3n) is 3.44. The maximum Gasteiger partial charge on any atom is 0.237 e. The fourth-order valence-electron chi connectivity index (χ4n) is 2.62. The first-order chi connectivity index (χ1) is 7.33. The van der Waals surface area contributed by atoms with Gasteiger partial charge in [-0.05, 0) is 18.8 Å². The van der Waals surface area contributed by atoms with Crippen molar-refractivity contribution in [1.82, 2.24) is 10.2 Å². The van der Waals surface area contributed by atoms with Gasteiger partial charge in [0, 0.05) is 13.1 Å². The fourth-order valence-corrected chi connectivity index (χ4v) is 2.62. The summed E-state index contributed by atoms with van der Waals surface area (Å²) in [7, 11) is 0. The second-order valence-electron chi connectivity index (χ2n) is 4.38. The van der Waals surface area contributed by atoms with Crippen molar-refractivity contribution in [3.8, 4) is 6.07 Å². The molecule has 1 unspecified atom stereocenters. The minimum Gasteiger partial charge on any atom is -0.324 e. The van der Waals surface area contributed by atoms with Crippen LogP contribution in [0.5, 0.6) is 0 Å². The maximum absolute atomic E-state index is 11.7. The lowest BCUT2D eigenvalue weighted by molar-refractivity contribution is -0.134. The monoisotopic (exact) mass is 207 g/mol. The number of nitrogens with zero attached hydrogens (tertiary/aromatic N) is 2. The summed E-state index contributed by atoms with van der Waals surface area (Å²) < 4.78 is 0. The average molecular weight is 207 g/mol. The van der Waals surface area contributed by atoms with Gasteiger partial charge in [-0.25, -0.2) is 0 Å². The Labute approximate surface area is 90.2 Å². The van der Waals surface area contributed by atoms with Gasteiger partial charge >= 0.3 is 0 Å². The molecule has 2 fully saturated rings. The van der Waals surface area contributed by atoms with E-state index in [2.05, 4.69) is 11.4 Å². The molecule has 1 aliphatic carbocycles. The SMILES string of the molecule is N#CC(C1CCCC1)N1CCNCC1=O. The normalized spacial score (nSPS) is 25.3. The highest BCUT2D eigenvalue weighted by atomic mass is 16.2. The van der Waals surface area contributed by atoms with E-state index in [9.17, 15) is 10.1 Å². The molecular formula is C11H17N3O. The van der Waals surface area contributed by atoms with E-state index in [-0.39, 0.29) is 11.9 Å². The summed E-state index contributed by atoms with van der Waals surface area (Å²) in [5.41, 5.74) is 0. The number of nitrogens with one attached hydrogen (secondary N) is 1. The van der Waals surface area contributed by atoms with Crippen molar-refractivity contribution < 1.29 is 4.79 Å². The fraction of sp³-hybridized carbons (Fsp3) is 0.818. The van der Waals surface area contributed by atoms with E-state index in [0.717, 1.165) is 19.4 Å². The lowest BCUT2D eigenvalue weighted by Crippen LogP contribution is -2.53. The Balaban J connectivity index is 2.04. The maximum atomic E-state index is 11.7. The van der Waals surface area contributed by atoms with Crippen LogP contribution in [0.15, 0.2) is 0 Å². The molecule has 0 aromatic carbocycles. The Morgan fingerprint density at radius 1 is 1.47 bits per heavy atom. The third kappa shape index (κ3) is 2.13. The van der Waals surface area contributed by atoms with Crippen molar-refractivity contribution in [2.45, 2.75) is 31.7 Å². The highest BCUT2D eigenvalue weighted by molar-refractivity contribution is 5.79. The predicted octanol–water partition coefficient (Wildman–Crippen LogP) is 0.501. The third-order valence-corrected chi connectivity index (χ3v) is 3.44. The van der Waals surface area contributed by atoms with Gasteiger partial charge in [-0.1, -0.05) is 12.8 Å². The summed E-state index contributed by atoms with van der Waals surface area (Å²) in [6.07, 6.45) is 4.64. The first-order valence-corrected chi connectivity index (χ1v) is 5.72. The zero-order chi connectivity index (χ0) is 10.7. The second-order valence-corrected chi connectivity index (χ2v) is 4.38. The van der Waals surface area contributed by atoms with Gasteiger partial charge in [0.15, 0.2) is 0 Å². The molecule has 0 radical (unpaired) electrons. The first-order valence-electron chi connectivity index (χ1n) is 5.72. The molecule has 2 aliphatic rings. The van der Waals surface area contributed by atoms with Crippen LogP contribution in [0.2, 0.25) is 0 Å². The molecule has 0 spiro atoms. The summed E-state index contributed by atoms with van der Waals surface area (Å²) >= 11 is 0. The van der Waals surface area contributed by atoms with Crippen molar-refractivity contribution in [2.24, 2.45) is 5.92 Å². The molecule has 1 saturated heterocycles. The molecule has 0 aromatic heterocycles. The molecule has 1 amide bonds. The highest BCUT2D eigenvalue weighted by Gasteiger charge is 2.33. The zero-order valence-electron chi connectivity index (χ0n) is 8.91. The Bertz CT molecular complexity index is 278. The molecule has 1 aliphatic heterocycles. The zero-order valence-corrected chi connectivity index (χ0v) is 8.91. The molecule has 2 rings (SSSR count). The number of piperazine rings is 1. The minimum atomic E-state index is -0.179. The van der Waals surface area contributed by atoms with Gasteiger partial charge in [-0.3, -0.25) is 4.79 Å². The molecule has 82 valence electrons. The Morgan fingerprint density at radius 2 is 2.20 bits per heavy atom. The lowest BCUT2D eigenvalue weighted by atomic mass is 9.97. The van der Waals surface area contributed by atoms with Gasteiger partial charge < -0.3 is 10.2 Å². The van der Waals surface area contributed by atoms with E-state index in [1.54, 1.807) is 4.90 Å². The van der Waals surface area contributed by atoms with Crippen molar-refractivity contribution in [3.63, 3.8) is 0 Å². The lowest BCUT2D eigenvalue weighted by Gasteiger charge is -2.34. The molecule has 0 aromatic rings. The molecule has 1 atom stereocenters. The van der Waals surface area contributed by atoms with E-state index >= 15 is 0 Å². The summed E-state index contributed by atoms with van der Waals surface area (Å²) in [6, 6.07) is 2.14. The van der Waals surface area contributed by atoms with E-state index < -0.39 is 0 Å². The van der Waals surface area contributed by atoms with E-state index in [1.165, 1.54) is 12.8 Å². The van der Waals surface area contributed by atoms with Gasteiger partial charge in [0.05, 0.1) is 12.6 Å². The van der Waals surface area contributed by atoms with E-state index in [1.807, 2.05) is 0 Å². The summed E-state index contributed by atoms with van der Waals surface area (Å²) in [5, 5.41) is 12.2. The molecule has 1 saturated carbocycles. The van der Waals surface area contributed by atoms with Crippen molar-refractivity contribution in [3.05, 3.63) is 0 Å². The van der Waals surface area contributed by atoms with Crippen LogP contribution in [0.1, 0.15) is 25.7 Å². The summed E-state index contributed by atoms with van der Waals surface area (Å²) in [6.45, 7) is 1.90. The van der Waals surface area contributed by atoms with Crippen LogP contribution in [0.25, 0.3) is 0 Å². The predicted molar refractivity (Wildman–Crippen MR) is 55.9 cm³/mol. The van der Waals surface area contributed by atoms with Crippen LogP contribution in [0, 0.1) is 17.2 Å². The molecule has 4 nitrogen and oxygen atoms in total. The molecule has 1 N–H and O–H groups in total. The summed E-state index contributed by atoms with van der Waals surface area (Å²) in [5.74, 6) is 0.497. The van der Waals surface area contributed by atoms with Gasteiger partial charge in [-0.15, -0.1) is 0 Å². The van der Waals surface area contributed by atoms with Crippen LogP contribution in [0.4, 0.5) is 0 Å². The average Bonchev–Trinajstić information content (AvgIpc) is 2.75. The molecular weight excluding hydrogens is 190 g/mol. The van der Waals surface area contributed by atoms with Crippen molar-refractivity contribution in [1.29, 1.82) is 5.26 Å². The Hall–Kier alpha value is -1.08. The Kier molecular flexibility index (Phi) is 3.22. The summed E-state index contributed by atoms with van der Waals surface area (Å²) in [4.78, 5) is 13.4. The van der Waals surface area contributed by atoms with E-state index in [0.29, 0.717) is 19.0 Å². The second kappa shape index (κ2) is 4.63. The van der Waals surface area contributed by atoms with Gasteiger partial charge in [0.25, 0.3) is 0 Å². The first kappa shape index (κ1) is 10.4. The molecule has 4 heteroatoms. The van der Waals surface area contributed by atoms with Crippen LogP contribution in [-0.2, 0) is 4.79 Å². The van der Waals surface area contributed by atoms with Gasteiger partial charge in [0.1, 0.15) is 6.04 Å². The minimum absolute atomic E-state index is 0.0831. The van der Waals surface area contributed by atoms with Crippen molar-refractivity contribution >= 4 is 5.91 Å².